The van der Waals surface area contributed by atoms with Crippen molar-refractivity contribution in [3.05, 3.63) is 87.8 Å². The molecule has 0 saturated carbocycles. The quantitative estimate of drug-likeness (QED) is 0.746. The Morgan fingerprint density at radius 1 is 1.00 bits per heavy atom. The highest BCUT2D eigenvalue weighted by molar-refractivity contribution is 7.99. The predicted octanol–water partition coefficient (Wildman–Crippen LogP) is 4.41. The molecule has 0 spiro atoms. The van der Waals surface area contributed by atoms with Crippen LogP contribution in [0.3, 0.4) is 0 Å². The highest BCUT2D eigenvalue weighted by Crippen LogP contribution is 2.31. The maximum atomic E-state index is 12.3. The molecule has 0 saturated heterocycles. The van der Waals surface area contributed by atoms with Gasteiger partial charge in [-0.2, -0.15) is 0 Å². The van der Waals surface area contributed by atoms with Crippen molar-refractivity contribution in [3.63, 3.8) is 0 Å². The molecule has 0 aliphatic rings. The van der Waals surface area contributed by atoms with Gasteiger partial charge in [0.1, 0.15) is 0 Å². The summed E-state index contributed by atoms with van der Waals surface area (Å²) in [5, 5.41) is 2.82. The Labute approximate surface area is 156 Å². The van der Waals surface area contributed by atoms with E-state index in [1.54, 1.807) is 31.1 Å². The number of nitrogens with zero attached hydrogens (tertiary/aromatic N) is 1. The van der Waals surface area contributed by atoms with Crippen LogP contribution in [0.5, 0.6) is 0 Å². The van der Waals surface area contributed by atoms with Gasteiger partial charge in [-0.3, -0.25) is 9.59 Å². The van der Waals surface area contributed by atoms with Crippen LogP contribution in [0, 0.1) is 13.8 Å². The Morgan fingerprint density at radius 3 is 2.42 bits per heavy atom. The molecule has 5 heteroatoms. The number of aromatic nitrogens is 1. The third-order valence-electron chi connectivity index (χ3n) is 4.05. The van der Waals surface area contributed by atoms with Gasteiger partial charge in [-0.05, 0) is 61.4 Å². The molecule has 0 bridgehead atoms. The maximum Gasteiger partial charge on any atom is 0.255 e. The minimum Gasteiger partial charge on any atom is -0.322 e. The van der Waals surface area contributed by atoms with Crippen LogP contribution in [-0.4, -0.2) is 10.5 Å². The van der Waals surface area contributed by atoms with Crippen LogP contribution in [0.25, 0.3) is 0 Å². The van der Waals surface area contributed by atoms with Gasteiger partial charge < -0.3 is 9.88 Å². The number of benzene rings is 2. The van der Waals surface area contributed by atoms with Crippen molar-refractivity contribution in [1.82, 2.24) is 4.57 Å². The SMILES string of the molecule is Cc1ccc(C)c(Sc2ccc(NC(=O)c3ccn(C)c(=O)c3)cc2)c1. The van der Waals surface area contributed by atoms with E-state index in [0.29, 0.717) is 11.3 Å². The monoisotopic (exact) mass is 364 g/mol. The molecule has 26 heavy (non-hydrogen) atoms. The highest BCUT2D eigenvalue weighted by atomic mass is 32.2. The molecule has 0 atom stereocenters. The number of pyridine rings is 1. The van der Waals surface area contributed by atoms with Gasteiger partial charge in [-0.25, -0.2) is 0 Å². The van der Waals surface area contributed by atoms with Gasteiger partial charge in [-0.15, -0.1) is 0 Å². The average molecular weight is 364 g/mol. The van der Waals surface area contributed by atoms with E-state index in [4.69, 9.17) is 0 Å². The number of carbonyl (C=O) groups excluding carboxylic acids is 1. The number of aryl methyl sites for hydroxylation is 3. The van der Waals surface area contributed by atoms with Crippen molar-refractivity contribution in [2.24, 2.45) is 7.05 Å². The summed E-state index contributed by atoms with van der Waals surface area (Å²) in [5.74, 6) is -0.294. The lowest BCUT2D eigenvalue weighted by atomic mass is 10.2. The summed E-state index contributed by atoms with van der Waals surface area (Å²) < 4.78 is 1.43. The third kappa shape index (κ3) is 4.24. The summed E-state index contributed by atoms with van der Waals surface area (Å²) in [6, 6.07) is 17.1. The van der Waals surface area contributed by atoms with Gasteiger partial charge >= 0.3 is 0 Å². The Bertz CT molecular complexity index is 1010. The summed E-state index contributed by atoms with van der Waals surface area (Å²) in [4.78, 5) is 26.2. The molecule has 0 aliphatic carbocycles. The van der Waals surface area contributed by atoms with Crippen molar-refractivity contribution in [3.8, 4) is 0 Å². The molecule has 132 valence electrons. The van der Waals surface area contributed by atoms with E-state index >= 15 is 0 Å². The first-order valence-corrected chi connectivity index (χ1v) is 9.07. The zero-order chi connectivity index (χ0) is 18.7. The first kappa shape index (κ1) is 18.0. The molecule has 0 aliphatic heterocycles. The van der Waals surface area contributed by atoms with Crippen LogP contribution in [0.1, 0.15) is 21.5 Å². The van der Waals surface area contributed by atoms with Gasteiger partial charge in [0.25, 0.3) is 11.5 Å². The summed E-state index contributed by atoms with van der Waals surface area (Å²) in [6.45, 7) is 4.18. The molecular weight excluding hydrogens is 344 g/mol. The molecule has 0 radical (unpaired) electrons. The van der Waals surface area contributed by atoms with Crippen LogP contribution >= 0.6 is 11.8 Å². The van der Waals surface area contributed by atoms with Crippen LogP contribution in [-0.2, 0) is 7.05 Å². The minimum atomic E-state index is -0.294. The zero-order valence-electron chi connectivity index (χ0n) is 14.9. The summed E-state index contributed by atoms with van der Waals surface area (Å²) >= 11 is 1.70. The van der Waals surface area contributed by atoms with Crippen LogP contribution in [0.4, 0.5) is 5.69 Å². The Morgan fingerprint density at radius 2 is 1.73 bits per heavy atom. The van der Waals surface area contributed by atoms with Crippen LogP contribution < -0.4 is 10.9 Å². The van der Waals surface area contributed by atoms with Crippen LogP contribution in [0.2, 0.25) is 0 Å². The summed E-state index contributed by atoms with van der Waals surface area (Å²) in [7, 11) is 1.65. The number of hydrogen-bond acceptors (Lipinski definition) is 3. The largest absolute Gasteiger partial charge is 0.322 e. The van der Waals surface area contributed by atoms with Gasteiger partial charge in [0.15, 0.2) is 0 Å². The molecule has 3 rings (SSSR count). The third-order valence-corrected chi connectivity index (χ3v) is 5.22. The van der Waals surface area contributed by atoms with Gasteiger partial charge in [0.2, 0.25) is 0 Å². The normalized spacial score (nSPS) is 10.6. The number of anilines is 1. The number of nitrogens with one attached hydrogen (secondary N) is 1. The highest BCUT2D eigenvalue weighted by Gasteiger charge is 2.08. The van der Waals surface area contributed by atoms with E-state index in [0.717, 1.165) is 4.90 Å². The van der Waals surface area contributed by atoms with Gasteiger partial charge in [0.05, 0.1) is 0 Å². The second-order valence-corrected chi connectivity index (χ2v) is 7.33. The smallest absolute Gasteiger partial charge is 0.255 e. The van der Waals surface area contributed by atoms with Crippen molar-refractivity contribution in [2.45, 2.75) is 23.6 Å². The predicted molar refractivity (Wildman–Crippen MR) is 106 cm³/mol. The van der Waals surface area contributed by atoms with Crippen LogP contribution in [0.15, 0.2) is 75.4 Å². The lowest BCUT2D eigenvalue weighted by Gasteiger charge is -2.09. The first-order valence-electron chi connectivity index (χ1n) is 8.25. The molecule has 4 nitrogen and oxygen atoms in total. The molecule has 2 aromatic carbocycles. The van der Waals surface area contributed by atoms with E-state index in [1.165, 1.54) is 26.7 Å². The molecule has 0 unspecified atom stereocenters. The van der Waals surface area contributed by atoms with Crippen molar-refractivity contribution in [1.29, 1.82) is 0 Å². The summed E-state index contributed by atoms with van der Waals surface area (Å²) in [5.41, 5.74) is 3.31. The van der Waals surface area contributed by atoms with E-state index in [-0.39, 0.29) is 11.5 Å². The standard InChI is InChI=1S/C21H20N2O2S/c1-14-4-5-15(2)19(12-14)26-18-8-6-17(7-9-18)22-21(25)16-10-11-23(3)20(24)13-16/h4-13H,1-3H3,(H,22,25). The summed E-state index contributed by atoms with van der Waals surface area (Å²) in [6.07, 6.45) is 1.58. The Hall–Kier alpha value is -2.79. The molecule has 1 N–H and O–H groups in total. The lowest BCUT2D eigenvalue weighted by molar-refractivity contribution is 0.102. The maximum absolute atomic E-state index is 12.3. The van der Waals surface area contributed by atoms with E-state index < -0.39 is 0 Å². The zero-order valence-corrected chi connectivity index (χ0v) is 15.8. The molecule has 1 amide bonds. The Balaban J connectivity index is 1.71. The average Bonchev–Trinajstić information content (AvgIpc) is 2.62. The molecule has 3 aromatic rings. The minimum absolute atomic E-state index is 0.210. The number of hydrogen-bond donors (Lipinski definition) is 1. The van der Waals surface area contributed by atoms with E-state index in [1.807, 2.05) is 24.3 Å². The van der Waals surface area contributed by atoms with Gasteiger partial charge in [0, 0.05) is 40.4 Å². The number of amides is 1. The van der Waals surface area contributed by atoms with E-state index in [2.05, 4.69) is 37.4 Å². The molecule has 1 aromatic heterocycles. The van der Waals surface area contributed by atoms with Crippen molar-refractivity contribution < 1.29 is 4.79 Å². The lowest BCUT2D eigenvalue weighted by Crippen LogP contribution is -2.19. The van der Waals surface area contributed by atoms with E-state index in [9.17, 15) is 9.59 Å². The second kappa shape index (κ2) is 7.62. The molecule has 1 heterocycles. The Kier molecular flexibility index (Phi) is 5.28. The number of carbonyl (C=O) groups is 1. The van der Waals surface area contributed by atoms with Gasteiger partial charge in [-0.1, -0.05) is 23.9 Å². The fourth-order valence-corrected chi connectivity index (χ4v) is 3.44. The topological polar surface area (TPSA) is 51.1 Å². The van der Waals surface area contributed by atoms with Crippen molar-refractivity contribution in [2.75, 3.05) is 5.32 Å². The second-order valence-electron chi connectivity index (χ2n) is 6.21. The van der Waals surface area contributed by atoms with Crippen molar-refractivity contribution >= 4 is 23.4 Å². The first-order chi connectivity index (χ1) is 12.4. The molecule has 0 fully saturated rings. The fraction of sp³-hybridized carbons (Fsp3) is 0.143. The number of rotatable bonds is 4. The molecular formula is C21H20N2O2S. The fourth-order valence-electron chi connectivity index (χ4n) is 2.44.